The summed E-state index contributed by atoms with van der Waals surface area (Å²) in [5.41, 5.74) is 3.06. The molecule has 0 unspecified atom stereocenters. The highest BCUT2D eigenvalue weighted by molar-refractivity contribution is 7.93. The minimum atomic E-state index is -3.86. The lowest BCUT2D eigenvalue weighted by molar-refractivity contribution is 0.531. The van der Waals surface area contributed by atoms with Crippen molar-refractivity contribution < 1.29 is 12.8 Å². The molecule has 8 heteroatoms. The van der Waals surface area contributed by atoms with E-state index in [1.165, 1.54) is 0 Å². The zero-order chi connectivity index (χ0) is 19.1. The highest BCUT2D eigenvalue weighted by Gasteiger charge is 2.29. The van der Waals surface area contributed by atoms with E-state index in [0.717, 1.165) is 5.56 Å². The summed E-state index contributed by atoms with van der Waals surface area (Å²) in [6, 6.07) is 7.38. The average molecular weight is 374 g/mol. The fraction of sp³-hybridized carbons (Fsp3) is 0.333. The Bertz CT molecular complexity index is 1050. The largest absolute Gasteiger partial charge is 0.421 e. The number of para-hydroxylation sites is 1. The van der Waals surface area contributed by atoms with E-state index in [2.05, 4.69) is 19.9 Å². The lowest BCUT2D eigenvalue weighted by atomic mass is 10.0. The standard InChI is InChI=1S/C18H22N4O3S/c1-10(2)14-8-6-7-9-15(14)22-26(23,24)17-12(4)19-11(3)16(17)18-21-20-13(5)25-18/h6-10,19,22H,1-5H3. The van der Waals surface area contributed by atoms with Crippen molar-refractivity contribution >= 4 is 15.7 Å². The molecule has 0 atom stereocenters. The predicted molar refractivity (Wildman–Crippen MR) is 99.6 cm³/mol. The van der Waals surface area contributed by atoms with Gasteiger partial charge in [-0.25, -0.2) is 8.42 Å². The number of aromatic nitrogens is 3. The van der Waals surface area contributed by atoms with Crippen LogP contribution in [0.2, 0.25) is 0 Å². The normalized spacial score (nSPS) is 11.9. The zero-order valence-corrected chi connectivity index (χ0v) is 16.2. The maximum atomic E-state index is 13.2. The fourth-order valence-corrected chi connectivity index (χ4v) is 4.58. The van der Waals surface area contributed by atoms with Crippen LogP contribution in [0.15, 0.2) is 33.6 Å². The Hall–Kier alpha value is -2.61. The Morgan fingerprint density at radius 2 is 1.77 bits per heavy atom. The topological polar surface area (TPSA) is 101 Å². The van der Waals surface area contributed by atoms with Crippen LogP contribution in [0.4, 0.5) is 5.69 Å². The molecule has 2 N–H and O–H groups in total. The Morgan fingerprint density at radius 1 is 1.08 bits per heavy atom. The van der Waals surface area contributed by atoms with Gasteiger partial charge in [-0.05, 0) is 31.4 Å². The third-order valence-corrected chi connectivity index (χ3v) is 5.69. The fourth-order valence-electron chi connectivity index (χ4n) is 3.04. The van der Waals surface area contributed by atoms with Crippen molar-refractivity contribution in [2.75, 3.05) is 4.72 Å². The quantitative estimate of drug-likeness (QED) is 0.705. The molecule has 0 radical (unpaired) electrons. The van der Waals surface area contributed by atoms with Gasteiger partial charge in [0.25, 0.3) is 15.9 Å². The summed E-state index contributed by atoms with van der Waals surface area (Å²) in [5, 5.41) is 7.80. The maximum Gasteiger partial charge on any atom is 0.264 e. The van der Waals surface area contributed by atoms with E-state index in [1.807, 2.05) is 26.0 Å². The van der Waals surface area contributed by atoms with Gasteiger partial charge in [-0.2, -0.15) is 0 Å². The van der Waals surface area contributed by atoms with E-state index < -0.39 is 10.0 Å². The monoisotopic (exact) mass is 374 g/mol. The molecule has 1 aromatic carbocycles. The van der Waals surface area contributed by atoms with E-state index in [4.69, 9.17) is 4.42 Å². The summed E-state index contributed by atoms with van der Waals surface area (Å²) in [5.74, 6) is 0.739. The SMILES string of the molecule is Cc1nnc(-c2c(C)[nH]c(C)c2S(=O)(=O)Nc2ccccc2C(C)C)o1. The zero-order valence-electron chi connectivity index (χ0n) is 15.4. The van der Waals surface area contributed by atoms with Crippen molar-refractivity contribution in [3.63, 3.8) is 0 Å². The highest BCUT2D eigenvalue weighted by atomic mass is 32.2. The molecule has 0 aliphatic rings. The van der Waals surface area contributed by atoms with Crippen molar-refractivity contribution in [1.82, 2.24) is 15.2 Å². The first-order valence-electron chi connectivity index (χ1n) is 8.32. The average Bonchev–Trinajstić information content (AvgIpc) is 3.10. The molecule has 0 spiro atoms. The molecule has 0 aliphatic carbocycles. The molecule has 138 valence electrons. The second-order valence-corrected chi connectivity index (χ2v) is 8.17. The van der Waals surface area contributed by atoms with Gasteiger partial charge < -0.3 is 9.40 Å². The molecule has 0 saturated carbocycles. The molecule has 26 heavy (non-hydrogen) atoms. The van der Waals surface area contributed by atoms with Crippen LogP contribution < -0.4 is 4.72 Å². The van der Waals surface area contributed by atoms with E-state index in [0.29, 0.717) is 28.5 Å². The number of rotatable bonds is 5. The van der Waals surface area contributed by atoms with E-state index in [9.17, 15) is 8.42 Å². The van der Waals surface area contributed by atoms with Gasteiger partial charge in [-0.1, -0.05) is 32.0 Å². The molecule has 0 fully saturated rings. The summed E-state index contributed by atoms with van der Waals surface area (Å²) in [6.45, 7) is 9.19. The number of aromatic amines is 1. The van der Waals surface area contributed by atoms with Crippen molar-refractivity contribution in [2.24, 2.45) is 0 Å². The number of hydrogen-bond donors (Lipinski definition) is 2. The van der Waals surface area contributed by atoms with Crippen LogP contribution in [0, 0.1) is 20.8 Å². The number of nitrogens with one attached hydrogen (secondary N) is 2. The first kappa shape index (κ1) is 18.2. The lowest BCUT2D eigenvalue weighted by Gasteiger charge is -2.15. The number of nitrogens with zero attached hydrogens (tertiary/aromatic N) is 2. The number of anilines is 1. The summed E-state index contributed by atoms with van der Waals surface area (Å²) in [7, 11) is -3.86. The van der Waals surface area contributed by atoms with Crippen molar-refractivity contribution in [2.45, 2.75) is 45.4 Å². The van der Waals surface area contributed by atoms with Crippen LogP contribution in [0.3, 0.4) is 0 Å². The Balaban J connectivity index is 2.12. The Kier molecular flexibility index (Phi) is 4.62. The van der Waals surface area contributed by atoms with Crippen LogP contribution in [-0.4, -0.2) is 23.6 Å². The number of benzene rings is 1. The molecule has 7 nitrogen and oxygen atoms in total. The Morgan fingerprint density at radius 3 is 2.38 bits per heavy atom. The van der Waals surface area contributed by atoms with Gasteiger partial charge >= 0.3 is 0 Å². The minimum absolute atomic E-state index is 0.122. The molecule has 3 rings (SSSR count). The van der Waals surface area contributed by atoms with Crippen molar-refractivity contribution in [3.05, 3.63) is 47.1 Å². The lowest BCUT2D eigenvalue weighted by Crippen LogP contribution is -2.16. The third-order valence-electron chi connectivity index (χ3n) is 4.15. The van der Waals surface area contributed by atoms with Gasteiger partial charge in [-0.15, -0.1) is 10.2 Å². The number of hydrogen-bond acceptors (Lipinski definition) is 5. The van der Waals surface area contributed by atoms with Crippen molar-refractivity contribution in [1.29, 1.82) is 0 Å². The number of H-pyrrole nitrogens is 1. The third kappa shape index (κ3) is 3.24. The van der Waals surface area contributed by atoms with Gasteiger partial charge in [0.05, 0.1) is 11.3 Å². The molecule has 3 aromatic rings. The maximum absolute atomic E-state index is 13.2. The first-order chi connectivity index (χ1) is 12.2. The van der Waals surface area contributed by atoms with Gasteiger partial charge in [0.1, 0.15) is 4.90 Å². The van der Waals surface area contributed by atoms with Crippen LogP contribution in [0.25, 0.3) is 11.5 Å². The van der Waals surface area contributed by atoms with Crippen LogP contribution in [0.5, 0.6) is 0 Å². The summed E-state index contributed by atoms with van der Waals surface area (Å²) in [4.78, 5) is 3.19. The van der Waals surface area contributed by atoms with Gasteiger partial charge in [-0.3, -0.25) is 4.72 Å². The summed E-state index contributed by atoms with van der Waals surface area (Å²) < 4.78 is 34.6. The summed E-state index contributed by atoms with van der Waals surface area (Å²) in [6.07, 6.45) is 0. The minimum Gasteiger partial charge on any atom is -0.421 e. The molecule has 0 aliphatic heterocycles. The van der Waals surface area contributed by atoms with Gasteiger partial charge in [0.2, 0.25) is 5.89 Å². The van der Waals surface area contributed by atoms with E-state index >= 15 is 0 Å². The molecule has 0 saturated heterocycles. The Labute approximate surface area is 152 Å². The number of aryl methyl sites for hydroxylation is 3. The van der Waals surface area contributed by atoms with Crippen LogP contribution in [0.1, 0.15) is 42.6 Å². The molecule has 0 bridgehead atoms. The molecular formula is C18H22N4O3S. The van der Waals surface area contributed by atoms with Crippen LogP contribution in [-0.2, 0) is 10.0 Å². The molecule has 2 aromatic heterocycles. The van der Waals surface area contributed by atoms with E-state index in [-0.39, 0.29) is 16.7 Å². The number of sulfonamides is 1. The molecular weight excluding hydrogens is 352 g/mol. The van der Waals surface area contributed by atoms with E-state index in [1.54, 1.807) is 32.9 Å². The molecule has 2 heterocycles. The van der Waals surface area contributed by atoms with Gasteiger partial charge in [0, 0.05) is 18.3 Å². The second kappa shape index (κ2) is 6.60. The van der Waals surface area contributed by atoms with Gasteiger partial charge in [0.15, 0.2) is 0 Å². The van der Waals surface area contributed by atoms with Crippen molar-refractivity contribution in [3.8, 4) is 11.5 Å². The summed E-state index contributed by atoms with van der Waals surface area (Å²) >= 11 is 0. The molecule has 0 amide bonds. The highest BCUT2D eigenvalue weighted by Crippen LogP contribution is 2.34. The first-order valence-corrected chi connectivity index (χ1v) is 9.80. The smallest absolute Gasteiger partial charge is 0.264 e. The second-order valence-electron chi connectivity index (χ2n) is 6.55. The van der Waals surface area contributed by atoms with Crippen LogP contribution >= 0.6 is 0 Å². The predicted octanol–water partition coefficient (Wildman–Crippen LogP) is 3.91.